The molecule has 0 saturated carbocycles. The summed E-state index contributed by atoms with van der Waals surface area (Å²) in [6.45, 7) is 1.95. The van der Waals surface area contributed by atoms with Gasteiger partial charge in [-0.2, -0.15) is 0 Å². The summed E-state index contributed by atoms with van der Waals surface area (Å²) in [5.41, 5.74) is 0.341. The highest BCUT2D eigenvalue weighted by molar-refractivity contribution is 5.99. The number of hydrogen-bond acceptors (Lipinski definition) is 6. The molecule has 23 heavy (non-hydrogen) atoms. The Morgan fingerprint density at radius 1 is 1.26 bits per heavy atom. The van der Waals surface area contributed by atoms with Gasteiger partial charge in [0.25, 0.3) is 5.91 Å². The van der Waals surface area contributed by atoms with E-state index in [1.165, 1.54) is 0 Å². The quantitative estimate of drug-likeness (QED) is 0.808. The van der Waals surface area contributed by atoms with Crippen molar-refractivity contribution in [1.29, 1.82) is 0 Å². The van der Waals surface area contributed by atoms with Crippen molar-refractivity contribution in [3.8, 4) is 0 Å². The zero-order valence-corrected chi connectivity index (χ0v) is 12.7. The number of ether oxygens (including phenoxy) is 1. The first-order chi connectivity index (χ1) is 11.2. The van der Waals surface area contributed by atoms with Gasteiger partial charge in [-0.25, -0.2) is 14.6 Å². The summed E-state index contributed by atoms with van der Waals surface area (Å²) < 4.78 is 5.07. The van der Waals surface area contributed by atoms with Crippen LogP contribution in [0.4, 0.5) is 10.6 Å². The van der Waals surface area contributed by atoms with Crippen LogP contribution in [0.2, 0.25) is 0 Å². The van der Waals surface area contributed by atoms with E-state index in [0.717, 1.165) is 30.8 Å². The van der Waals surface area contributed by atoms with E-state index in [-0.39, 0.29) is 0 Å². The third-order valence-corrected chi connectivity index (χ3v) is 3.90. The summed E-state index contributed by atoms with van der Waals surface area (Å²) >= 11 is 0. The van der Waals surface area contributed by atoms with Crippen LogP contribution in [0.25, 0.3) is 0 Å². The summed E-state index contributed by atoms with van der Waals surface area (Å²) in [7, 11) is 0. The number of esters is 1. The number of amides is 3. The summed E-state index contributed by atoms with van der Waals surface area (Å²) in [6.07, 6.45) is 3.76. The predicted octanol–water partition coefficient (Wildman–Crippen LogP) is 0.390. The number of imide groups is 1. The van der Waals surface area contributed by atoms with Gasteiger partial charge in [-0.1, -0.05) is 0 Å². The van der Waals surface area contributed by atoms with Gasteiger partial charge in [0.2, 0.25) is 0 Å². The molecule has 1 aromatic rings. The van der Waals surface area contributed by atoms with Gasteiger partial charge in [-0.15, -0.1) is 0 Å². The lowest BCUT2D eigenvalue weighted by molar-refractivity contribution is -0.130. The highest BCUT2D eigenvalue weighted by atomic mass is 16.5. The number of aromatic nitrogens is 1. The van der Waals surface area contributed by atoms with E-state index in [2.05, 4.69) is 10.3 Å². The Bertz CT molecular complexity index is 628. The normalized spacial score (nSPS) is 17.3. The van der Waals surface area contributed by atoms with Crippen molar-refractivity contribution in [2.45, 2.75) is 12.8 Å². The Morgan fingerprint density at radius 2 is 2.04 bits per heavy atom. The monoisotopic (exact) mass is 318 g/mol. The van der Waals surface area contributed by atoms with Crippen molar-refractivity contribution >= 4 is 23.7 Å². The van der Waals surface area contributed by atoms with Crippen molar-refractivity contribution < 1.29 is 19.1 Å². The van der Waals surface area contributed by atoms with Gasteiger partial charge >= 0.3 is 12.0 Å². The standard InChI is InChI=1S/C15H18N4O4/c20-12(19-9-6-17-15(19)22)10-23-14(21)11-4-3-5-16-13(11)18-7-1-2-8-18/h3-5H,1-2,6-10H2,(H,17,22). The summed E-state index contributed by atoms with van der Waals surface area (Å²) in [4.78, 5) is 42.9. The minimum absolute atomic E-state index is 0.293. The number of nitrogens with zero attached hydrogens (tertiary/aromatic N) is 3. The molecule has 0 aromatic carbocycles. The Balaban J connectivity index is 1.64. The molecule has 3 amide bonds. The smallest absolute Gasteiger partial charge is 0.342 e. The summed E-state index contributed by atoms with van der Waals surface area (Å²) in [6, 6.07) is 2.84. The maximum Gasteiger partial charge on any atom is 0.342 e. The largest absolute Gasteiger partial charge is 0.452 e. The molecule has 2 fully saturated rings. The Morgan fingerprint density at radius 3 is 2.74 bits per heavy atom. The Labute approximate surface area is 133 Å². The molecule has 1 N–H and O–H groups in total. The molecule has 0 aliphatic carbocycles. The molecule has 1 aromatic heterocycles. The van der Waals surface area contributed by atoms with Crippen LogP contribution < -0.4 is 10.2 Å². The molecule has 0 atom stereocenters. The number of nitrogens with one attached hydrogen (secondary N) is 1. The number of urea groups is 1. The molecule has 0 radical (unpaired) electrons. The minimum Gasteiger partial charge on any atom is -0.452 e. The highest BCUT2D eigenvalue weighted by Crippen LogP contribution is 2.22. The fourth-order valence-electron chi connectivity index (χ4n) is 2.73. The van der Waals surface area contributed by atoms with Crippen LogP contribution in [-0.2, 0) is 9.53 Å². The van der Waals surface area contributed by atoms with Gasteiger partial charge in [0.1, 0.15) is 11.4 Å². The van der Waals surface area contributed by atoms with Crippen LogP contribution in [-0.4, -0.2) is 60.6 Å². The van der Waals surface area contributed by atoms with E-state index in [1.807, 2.05) is 4.90 Å². The molecule has 2 aliphatic heterocycles. The number of anilines is 1. The molecule has 8 heteroatoms. The molecule has 2 aliphatic rings. The number of carbonyl (C=O) groups is 3. The summed E-state index contributed by atoms with van der Waals surface area (Å²) in [5.74, 6) is -0.547. The molecule has 3 rings (SSSR count). The predicted molar refractivity (Wildman–Crippen MR) is 81.1 cm³/mol. The number of hydrogen-bond donors (Lipinski definition) is 1. The lowest BCUT2D eigenvalue weighted by atomic mass is 10.2. The van der Waals surface area contributed by atoms with Crippen LogP contribution in [0.3, 0.4) is 0 Å². The average molecular weight is 318 g/mol. The van der Waals surface area contributed by atoms with Gasteiger partial charge in [-0.3, -0.25) is 9.69 Å². The van der Waals surface area contributed by atoms with E-state index in [9.17, 15) is 14.4 Å². The third kappa shape index (κ3) is 3.25. The van der Waals surface area contributed by atoms with E-state index < -0.39 is 24.5 Å². The minimum atomic E-state index is -0.604. The first kappa shape index (κ1) is 15.3. The van der Waals surface area contributed by atoms with Crippen LogP contribution in [0.1, 0.15) is 23.2 Å². The van der Waals surface area contributed by atoms with Crippen molar-refractivity contribution in [3.05, 3.63) is 23.9 Å². The maximum absolute atomic E-state index is 12.3. The van der Waals surface area contributed by atoms with Gasteiger partial charge in [-0.05, 0) is 25.0 Å². The van der Waals surface area contributed by atoms with Gasteiger partial charge in [0.05, 0.1) is 0 Å². The fraction of sp³-hybridized carbons (Fsp3) is 0.467. The summed E-state index contributed by atoms with van der Waals surface area (Å²) in [5, 5.41) is 2.53. The first-order valence-corrected chi connectivity index (χ1v) is 7.62. The van der Waals surface area contributed by atoms with Crippen LogP contribution in [0.15, 0.2) is 18.3 Å². The lowest BCUT2D eigenvalue weighted by Crippen LogP contribution is -2.37. The van der Waals surface area contributed by atoms with Crippen LogP contribution >= 0.6 is 0 Å². The third-order valence-electron chi connectivity index (χ3n) is 3.90. The van der Waals surface area contributed by atoms with Crippen molar-refractivity contribution in [3.63, 3.8) is 0 Å². The second kappa shape index (κ2) is 6.64. The van der Waals surface area contributed by atoms with Crippen LogP contribution in [0.5, 0.6) is 0 Å². The molecule has 0 unspecified atom stereocenters. The molecule has 0 bridgehead atoms. The molecular weight excluding hydrogens is 300 g/mol. The van der Waals surface area contributed by atoms with Gasteiger partial charge < -0.3 is 15.0 Å². The van der Waals surface area contributed by atoms with Crippen molar-refractivity contribution in [2.75, 3.05) is 37.7 Å². The van der Waals surface area contributed by atoms with Crippen LogP contribution in [0, 0.1) is 0 Å². The van der Waals surface area contributed by atoms with E-state index >= 15 is 0 Å². The molecule has 122 valence electrons. The number of rotatable bonds is 4. The van der Waals surface area contributed by atoms with Crippen molar-refractivity contribution in [2.24, 2.45) is 0 Å². The fourth-order valence-corrected chi connectivity index (χ4v) is 2.73. The zero-order valence-electron chi connectivity index (χ0n) is 12.7. The highest BCUT2D eigenvalue weighted by Gasteiger charge is 2.28. The second-order valence-electron chi connectivity index (χ2n) is 5.42. The zero-order chi connectivity index (χ0) is 16.2. The van der Waals surface area contributed by atoms with E-state index in [0.29, 0.717) is 24.5 Å². The molecule has 8 nitrogen and oxygen atoms in total. The molecule has 0 spiro atoms. The lowest BCUT2D eigenvalue weighted by Gasteiger charge is -2.19. The molecule has 3 heterocycles. The SMILES string of the molecule is O=C(OCC(=O)N1CCNC1=O)c1cccnc1N1CCCC1. The molecule has 2 saturated heterocycles. The second-order valence-corrected chi connectivity index (χ2v) is 5.42. The number of carbonyl (C=O) groups excluding carboxylic acids is 3. The van der Waals surface area contributed by atoms with Crippen molar-refractivity contribution in [1.82, 2.24) is 15.2 Å². The topological polar surface area (TPSA) is 91.8 Å². The average Bonchev–Trinajstić information content (AvgIpc) is 3.23. The van der Waals surface area contributed by atoms with E-state index in [1.54, 1.807) is 18.3 Å². The Hall–Kier alpha value is -2.64. The molecular formula is C15H18N4O4. The van der Waals surface area contributed by atoms with Gasteiger partial charge in [0.15, 0.2) is 6.61 Å². The first-order valence-electron chi connectivity index (χ1n) is 7.62. The number of pyridine rings is 1. The maximum atomic E-state index is 12.3. The van der Waals surface area contributed by atoms with Gasteiger partial charge in [0, 0.05) is 32.4 Å². The van der Waals surface area contributed by atoms with E-state index in [4.69, 9.17) is 4.74 Å². The Kier molecular flexibility index (Phi) is 4.40.